The van der Waals surface area contributed by atoms with Crippen molar-refractivity contribution in [1.82, 2.24) is 15.3 Å². The number of hydrogen-bond donors (Lipinski definition) is 1. The van der Waals surface area contributed by atoms with Gasteiger partial charge in [0.05, 0.1) is 11.3 Å². The molecule has 1 fully saturated rings. The molecule has 1 amide bonds. The summed E-state index contributed by atoms with van der Waals surface area (Å²) in [6.45, 7) is 8.39. The molecule has 2 aromatic rings. The van der Waals surface area contributed by atoms with Crippen LogP contribution in [0.2, 0.25) is 0 Å². The van der Waals surface area contributed by atoms with Crippen LogP contribution in [0, 0.1) is 19.8 Å². The summed E-state index contributed by atoms with van der Waals surface area (Å²) >= 11 is 0. The van der Waals surface area contributed by atoms with E-state index in [4.69, 9.17) is 4.42 Å². The molecule has 0 spiro atoms. The van der Waals surface area contributed by atoms with E-state index in [2.05, 4.69) is 27.1 Å². The van der Waals surface area contributed by atoms with Gasteiger partial charge in [0.1, 0.15) is 17.9 Å². The maximum absolute atomic E-state index is 12.3. The first kappa shape index (κ1) is 15.8. The third-order valence-electron chi connectivity index (χ3n) is 4.59. The van der Waals surface area contributed by atoms with Gasteiger partial charge in [0.15, 0.2) is 0 Å². The van der Waals surface area contributed by atoms with Crippen LogP contribution in [0.15, 0.2) is 10.7 Å². The molecule has 1 aliphatic heterocycles. The van der Waals surface area contributed by atoms with E-state index in [0.717, 1.165) is 54.9 Å². The van der Waals surface area contributed by atoms with Crippen molar-refractivity contribution in [2.45, 2.75) is 40.0 Å². The molecule has 3 rings (SSSR count). The normalized spacial score (nSPS) is 18.4. The minimum atomic E-state index is 0.0219. The molecular formula is C17H24N4O2. The fourth-order valence-electron chi connectivity index (χ4n) is 3.18. The Hall–Kier alpha value is -2.11. The zero-order chi connectivity index (χ0) is 16.4. The van der Waals surface area contributed by atoms with Crippen molar-refractivity contribution in [3.8, 4) is 0 Å². The number of rotatable bonds is 4. The molecule has 1 aliphatic rings. The topological polar surface area (TPSA) is 71.3 Å². The van der Waals surface area contributed by atoms with E-state index in [1.807, 2.05) is 13.8 Å². The smallest absolute Gasteiger partial charge is 0.231 e. The maximum atomic E-state index is 12.3. The highest BCUT2D eigenvalue weighted by atomic mass is 16.3. The summed E-state index contributed by atoms with van der Waals surface area (Å²) in [6, 6.07) is 0. The predicted octanol–water partition coefficient (Wildman–Crippen LogP) is 2.58. The van der Waals surface area contributed by atoms with Crippen LogP contribution in [-0.2, 0) is 4.79 Å². The van der Waals surface area contributed by atoms with E-state index in [1.54, 1.807) is 6.33 Å². The van der Waals surface area contributed by atoms with Gasteiger partial charge in [-0.25, -0.2) is 9.97 Å². The number of piperidine rings is 1. The fraction of sp³-hybridized carbons (Fsp3) is 0.588. The Labute approximate surface area is 136 Å². The molecule has 6 heteroatoms. The molecule has 0 saturated carbocycles. The zero-order valence-electron chi connectivity index (χ0n) is 14.1. The summed E-state index contributed by atoms with van der Waals surface area (Å²) in [7, 11) is 0. The monoisotopic (exact) mass is 316 g/mol. The Morgan fingerprint density at radius 2 is 2.26 bits per heavy atom. The Kier molecular flexibility index (Phi) is 4.50. The molecule has 124 valence electrons. The third-order valence-corrected chi connectivity index (χ3v) is 4.59. The number of aromatic nitrogens is 2. The average Bonchev–Trinajstić information content (AvgIpc) is 2.87. The predicted molar refractivity (Wildman–Crippen MR) is 89.5 cm³/mol. The maximum Gasteiger partial charge on any atom is 0.231 e. The largest absolute Gasteiger partial charge is 0.443 e. The van der Waals surface area contributed by atoms with Gasteiger partial charge in [-0.3, -0.25) is 4.79 Å². The lowest BCUT2D eigenvalue weighted by atomic mass is 9.96. The van der Waals surface area contributed by atoms with Gasteiger partial charge in [-0.05, 0) is 33.1 Å². The van der Waals surface area contributed by atoms with E-state index in [1.165, 1.54) is 0 Å². The molecule has 6 nitrogen and oxygen atoms in total. The molecule has 1 N–H and O–H groups in total. The Morgan fingerprint density at radius 3 is 3.04 bits per heavy atom. The summed E-state index contributed by atoms with van der Waals surface area (Å²) in [4.78, 5) is 23.2. The van der Waals surface area contributed by atoms with Crippen molar-refractivity contribution in [3.63, 3.8) is 0 Å². The van der Waals surface area contributed by atoms with Gasteiger partial charge in [-0.15, -0.1) is 0 Å². The summed E-state index contributed by atoms with van der Waals surface area (Å²) in [6.07, 6.45) is 4.43. The van der Waals surface area contributed by atoms with Crippen LogP contribution in [-0.4, -0.2) is 35.5 Å². The lowest BCUT2D eigenvalue weighted by Crippen LogP contribution is -2.43. The quantitative estimate of drug-likeness (QED) is 0.938. The lowest BCUT2D eigenvalue weighted by Gasteiger charge is -2.33. The molecule has 1 atom stereocenters. The van der Waals surface area contributed by atoms with E-state index < -0.39 is 0 Å². The van der Waals surface area contributed by atoms with Gasteiger partial charge in [0.25, 0.3) is 0 Å². The van der Waals surface area contributed by atoms with Crippen molar-refractivity contribution >= 4 is 22.8 Å². The van der Waals surface area contributed by atoms with Crippen LogP contribution in [0.25, 0.3) is 11.1 Å². The number of furan rings is 1. The number of nitrogens with one attached hydrogen (secondary N) is 1. The van der Waals surface area contributed by atoms with Crippen molar-refractivity contribution in [2.75, 3.05) is 24.5 Å². The van der Waals surface area contributed by atoms with Crippen LogP contribution in [0.3, 0.4) is 0 Å². The number of aryl methyl sites for hydroxylation is 2. The number of anilines is 1. The highest BCUT2D eigenvalue weighted by Gasteiger charge is 2.28. The van der Waals surface area contributed by atoms with E-state index in [0.29, 0.717) is 12.3 Å². The minimum Gasteiger partial charge on any atom is -0.443 e. The second-order valence-corrected chi connectivity index (χ2v) is 6.24. The summed E-state index contributed by atoms with van der Waals surface area (Å²) in [5, 5.41) is 3.98. The second kappa shape index (κ2) is 6.56. The van der Waals surface area contributed by atoms with Crippen molar-refractivity contribution < 1.29 is 9.21 Å². The summed E-state index contributed by atoms with van der Waals surface area (Å²) in [5.74, 6) is 1.93. The number of carbonyl (C=O) groups is 1. The van der Waals surface area contributed by atoms with E-state index in [-0.39, 0.29) is 11.8 Å². The zero-order valence-corrected chi connectivity index (χ0v) is 14.1. The van der Waals surface area contributed by atoms with E-state index in [9.17, 15) is 4.79 Å². The Morgan fingerprint density at radius 1 is 1.43 bits per heavy atom. The van der Waals surface area contributed by atoms with Gasteiger partial charge in [-0.2, -0.15) is 0 Å². The first-order valence-corrected chi connectivity index (χ1v) is 8.35. The fourth-order valence-corrected chi connectivity index (χ4v) is 3.18. The molecule has 0 unspecified atom stereocenters. The van der Waals surface area contributed by atoms with Crippen LogP contribution >= 0.6 is 0 Å². The molecule has 0 bridgehead atoms. The summed E-state index contributed by atoms with van der Waals surface area (Å²) < 4.78 is 5.70. The Balaban J connectivity index is 1.85. The first-order valence-electron chi connectivity index (χ1n) is 8.35. The van der Waals surface area contributed by atoms with Crippen molar-refractivity contribution in [1.29, 1.82) is 0 Å². The molecular weight excluding hydrogens is 292 g/mol. The van der Waals surface area contributed by atoms with Gasteiger partial charge < -0.3 is 14.6 Å². The van der Waals surface area contributed by atoms with Crippen molar-refractivity contribution in [2.24, 2.45) is 5.92 Å². The molecule has 0 aromatic carbocycles. The summed E-state index contributed by atoms with van der Waals surface area (Å²) in [5.41, 5.74) is 1.70. The number of amides is 1. The number of carbonyl (C=O) groups excluding carboxylic acids is 1. The highest BCUT2D eigenvalue weighted by molar-refractivity contribution is 5.90. The number of nitrogens with zero attached hydrogens (tertiary/aromatic N) is 3. The molecule has 23 heavy (non-hydrogen) atoms. The van der Waals surface area contributed by atoms with Gasteiger partial charge >= 0.3 is 0 Å². The van der Waals surface area contributed by atoms with Crippen LogP contribution in [0.1, 0.15) is 37.5 Å². The van der Waals surface area contributed by atoms with Crippen LogP contribution in [0.5, 0.6) is 0 Å². The third kappa shape index (κ3) is 3.02. The molecule has 1 saturated heterocycles. The van der Waals surface area contributed by atoms with Crippen LogP contribution in [0.4, 0.5) is 5.82 Å². The second-order valence-electron chi connectivity index (χ2n) is 6.24. The van der Waals surface area contributed by atoms with Crippen LogP contribution < -0.4 is 10.2 Å². The minimum absolute atomic E-state index is 0.0219. The molecule has 0 aliphatic carbocycles. The van der Waals surface area contributed by atoms with Gasteiger partial charge in [0, 0.05) is 25.2 Å². The first-order chi connectivity index (χ1) is 11.1. The lowest BCUT2D eigenvalue weighted by molar-refractivity contribution is -0.125. The average molecular weight is 316 g/mol. The van der Waals surface area contributed by atoms with Gasteiger partial charge in [0.2, 0.25) is 11.6 Å². The highest BCUT2D eigenvalue weighted by Crippen LogP contribution is 2.32. The van der Waals surface area contributed by atoms with Crippen molar-refractivity contribution in [3.05, 3.63) is 17.7 Å². The molecule has 0 radical (unpaired) electrons. The SMILES string of the molecule is CCCNC(=O)[C@@H]1CCCN(c2ncnc3oc(C)c(C)c23)C1. The molecule has 3 heterocycles. The molecule has 2 aromatic heterocycles. The standard InChI is InChI=1S/C17H24N4O2/c1-4-7-18-16(22)13-6-5-8-21(9-13)15-14-11(2)12(3)23-17(14)20-10-19-15/h10,13H,4-9H2,1-3H3,(H,18,22)/t13-/m1/s1. The van der Waals surface area contributed by atoms with E-state index >= 15 is 0 Å². The van der Waals surface area contributed by atoms with Gasteiger partial charge in [-0.1, -0.05) is 6.92 Å². The number of fused-ring (bicyclic) bond motifs is 1. The number of hydrogen-bond acceptors (Lipinski definition) is 5. The Bertz CT molecular complexity index is 710.